The summed E-state index contributed by atoms with van der Waals surface area (Å²) in [7, 11) is -2.78. The van der Waals surface area contributed by atoms with Crippen LogP contribution < -0.4 is 5.19 Å². The second-order valence-corrected chi connectivity index (χ2v) is 11.3. The van der Waals surface area contributed by atoms with Crippen molar-refractivity contribution in [2.24, 2.45) is 0 Å². The van der Waals surface area contributed by atoms with Crippen molar-refractivity contribution in [1.29, 1.82) is 0 Å². The minimum absolute atomic E-state index is 0.114. The van der Waals surface area contributed by atoms with E-state index in [9.17, 15) is 4.80 Å². The molecule has 0 radical (unpaired) electrons. The minimum atomic E-state index is -2.78. The number of aromatic nitrogens is 2. The van der Waals surface area contributed by atoms with E-state index in [1.807, 2.05) is 45.9 Å². The molecule has 0 bridgehead atoms. The fourth-order valence-electron chi connectivity index (χ4n) is 2.71. The van der Waals surface area contributed by atoms with Crippen molar-refractivity contribution in [3.05, 3.63) is 40.6 Å². The Morgan fingerprint density at radius 3 is 2.14 bits per heavy atom. The Labute approximate surface area is 142 Å². The van der Waals surface area contributed by atoms with Crippen LogP contribution in [0.5, 0.6) is 0 Å². The maximum atomic E-state index is 11.2. The van der Waals surface area contributed by atoms with Crippen molar-refractivity contribution in [3.8, 4) is 11.4 Å². The molecule has 2 rings (SSSR count). The largest absolute Gasteiger partial charge is 0.427 e. The molecule has 0 atom stereocenters. The molecule has 0 unspecified atom stereocenters. The fraction of sp³-hybridized carbons (Fsp3) is 0.375. The maximum absolute atomic E-state index is 11.2. The van der Waals surface area contributed by atoms with Crippen LogP contribution in [0, 0.1) is 0 Å². The van der Waals surface area contributed by atoms with Gasteiger partial charge in [0.05, 0.1) is 15.7 Å². The number of hydrogen-bond acceptors (Lipinski definition) is 3. The molecule has 0 amide bonds. The number of nitrogens with zero attached hydrogens (tertiary/aromatic N) is 2. The Bertz CT molecular complexity index is 655. The van der Waals surface area contributed by atoms with Crippen LogP contribution in [0.15, 0.2) is 30.6 Å². The van der Waals surface area contributed by atoms with Crippen molar-refractivity contribution < 1.29 is 4.80 Å². The van der Waals surface area contributed by atoms with Gasteiger partial charge in [-0.05, 0) is 23.2 Å². The lowest BCUT2D eigenvalue weighted by Gasteiger charge is -2.34. The van der Waals surface area contributed by atoms with Crippen LogP contribution in [0.4, 0.5) is 0 Å². The summed E-state index contributed by atoms with van der Waals surface area (Å²) in [6, 6.07) is 5.53. The monoisotopic (exact) mass is 354 g/mol. The van der Waals surface area contributed by atoms with E-state index in [2.05, 4.69) is 9.97 Å². The highest BCUT2D eigenvalue weighted by atomic mass is 35.5. The second-order valence-electron chi connectivity index (χ2n) is 6.00. The summed E-state index contributed by atoms with van der Waals surface area (Å²) in [4.78, 5) is 19.9. The molecule has 2 heterocycles. The summed E-state index contributed by atoms with van der Waals surface area (Å²) >= 11 is 12.9. The molecule has 2 aromatic rings. The zero-order valence-electron chi connectivity index (χ0n) is 13.1. The highest BCUT2D eigenvalue weighted by Gasteiger charge is 2.43. The van der Waals surface area contributed by atoms with Gasteiger partial charge in [-0.25, -0.2) is 0 Å². The van der Waals surface area contributed by atoms with Gasteiger partial charge in [0.25, 0.3) is 0 Å². The topological polar surface area (TPSA) is 46.0 Å². The SMILES string of the molecule is CC(C)[Si](O)(c1cnc(-c2ccccn2)c(Cl)c1Cl)C(C)C. The molecule has 0 saturated heterocycles. The van der Waals surface area contributed by atoms with Crippen molar-refractivity contribution in [2.75, 3.05) is 0 Å². The predicted molar refractivity (Wildman–Crippen MR) is 95.3 cm³/mol. The molecular weight excluding hydrogens is 335 g/mol. The lowest BCUT2D eigenvalue weighted by molar-refractivity contribution is 0.512. The smallest absolute Gasteiger partial charge is 0.228 e. The highest BCUT2D eigenvalue weighted by molar-refractivity contribution is 6.89. The summed E-state index contributed by atoms with van der Waals surface area (Å²) in [5.41, 5.74) is 1.44. The molecule has 3 nitrogen and oxygen atoms in total. The van der Waals surface area contributed by atoms with Gasteiger partial charge in [-0.1, -0.05) is 57.0 Å². The van der Waals surface area contributed by atoms with Crippen LogP contribution in [0.3, 0.4) is 0 Å². The molecule has 0 aromatic carbocycles. The molecule has 0 aliphatic carbocycles. The Kier molecular flexibility index (Phi) is 5.28. The Morgan fingerprint density at radius 2 is 1.64 bits per heavy atom. The van der Waals surface area contributed by atoms with E-state index < -0.39 is 8.32 Å². The number of rotatable bonds is 4. The fourth-order valence-corrected chi connectivity index (χ4v) is 6.96. The van der Waals surface area contributed by atoms with Gasteiger partial charge < -0.3 is 4.80 Å². The first-order valence-electron chi connectivity index (χ1n) is 7.28. The first-order chi connectivity index (χ1) is 10.3. The lowest BCUT2D eigenvalue weighted by Crippen LogP contribution is -2.54. The zero-order chi connectivity index (χ0) is 16.5. The molecule has 0 fully saturated rings. The maximum Gasteiger partial charge on any atom is 0.228 e. The number of halogens is 2. The van der Waals surface area contributed by atoms with Crippen molar-refractivity contribution in [2.45, 2.75) is 38.8 Å². The standard InChI is InChI=1S/C16H20Cl2N2OSi/c1-10(2)22(21,11(3)4)13-9-20-16(15(18)14(13)17)12-7-5-6-8-19-12/h5-11,21H,1-4H3. The Morgan fingerprint density at radius 1 is 1.00 bits per heavy atom. The minimum Gasteiger partial charge on any atom is -0.427 e. The molecule has 0 saturated carbocycles. The Balaban J connectivity index is 2.61. The predicted octanol–water partition coefficient (Wildman–Crippen LogP) is 4.42. The first kappa shape index (κ1) is 17.4. The van der Waals surface area contributed by atoms with Gasteiger partial charge in [0.15, 0.2) is 0 Å². The van der Waals surface area contributed by atoms with Gasteiger partial charge in [0.2, 0.25) is 8.32 Å². The lowest BCUT2D eigenvalue weighted by atomic mass is 10.2. The van der Waals surface area contributed by atoms with Crippen molar-refractivity contribution in [1.82, 2.24) is 9.97 Å². The molecule has 0 aliphatic heterocycles. The molecule has 6 heteroatoms. The molecule has 0 spiro atoms. The van der Waals surface area contributed by atoms with Crippen LogP contribution in [0.2, 0.25) is 21.1 Å². The van der Waals surface area contributed by atoms with Gasteiger partial charge in [-0.3, -0.25) is 9.97 Å². The van der Waals surface area contributed by atoms with E-state index in [0.29, 0.717) is 26.6 Å². The summed E-state index contributed by atoms with van der Waals surface area (Å²) < 4.78 is 0. The summed E-state index contributed by atoms with van der Waals surface area (Å²) in [5, 5.41) is 1.45. The summed E-state index contributed by atoms with van der Waals surface area (Å²) in [6.45, 7) is 8.07. The van der Waals surface area contributed by atoms with Crippen LogP contribution in [0.1, 0.15) is 27.7 Å². The van der Waals surface area contributed by atoms with Gasteiger partial charge in [-0.15, -0.1) is 0 Å². The molecule has 2 aromatic heterocycles. The summed E-state index contributed by atoms with van der Waals surface area (Å²) in [6.07, 6.45) is 3.35. The molecule has 1 N–H and O–H groups in total. The zero-order valence-corrected chi connectivity index (χ0v) is 15.7. The summed E-state index contributed by atoms with van der Waals surface area (Å²) in [5.74, 6) is 0. The number of hydrogen-bond donors (Lipinski definition) is 1. The van der Waals surface area contributed by atoms with Gasteiger partial charge in [0, 0.05) is 17.6 Å². The van der Waals surface area contributed by atoms with Gasteiger partial charge in [-0.2, -0.15) is 0 Å². The van der Waals surface area contributed by atoms with Crippen LogP contribution in [-0.2, 0) is 0 Å². The van der Waals surface area contributed by atoms with E-state index in [-0.39, 0.29) is 11.1 Å². The second kappa shape index (κ2) is 6.67. The first-order valence-corrected chi connectivity index (χ1v) is 10.1. The third-order valence-corrected chi connectivity index (χ3v) is 9.84. The van der Waals surface area contributed by atoms with Gasteiger partial charge >= 0.3 is 0 Å². The number of pyridine rings is 2. The molecule has 0 aliphatic rings. The van der Waals surface area contributed by atoms with Crippen molar-refractivity contribution >= 4 is 36.7 Å². The normalized spacial score (nSPS) is 12.2. The highest BCUT2D eigenvalue weighted by Crippen LogP contribution is 2.36. The molecule has 118 valence electrons. The van der Waals surface area contributed by atoms with E-state index in [0.717, 1.165) is 0 Å². The quantitative estimate of drug-likeness (QED) is 0.826. The van der Waals surface area contributed by atoms with Crippen LogP contribution in [-0.4, -0.2) is 23.1 Å². The van der Waals surface area contributed by atoms with E-state index >= 15 is 0 Å². The Hall–Kier alpha value is -0.943. The van der Waals surface area contributed by atoms with E-state index in [4.69, 9.17) is 23.2 Å². The third kappa shape index (κ3) is 2.93. The average molecular weight is 355 g/mol. The van der Waals surface area contributed by atoms with Crippen LogP contribution in [0.25, 0.3) is 11.4 Å². The van der Waals surface area contributed by atoms with E-state index in [1.165, 1.54) is 0 Å². The third-order valence-electron chi connectivity index (χ3n) is 4.06. The van der Waals surface area contributed by atoms with Crippen LogP contribution >= 0.6 is 23.2 Å². The van der Waals surface area contributed by atoms with E-state index in [1.54, 1.807) is 12.4 Å². The molecular formula is C16H20Cl2N2OSi. The molecule has 22 heavy (non-hydrogen) atoms. The average Bonchev–Trinajstić information content (AvgIpc) is 2.49. The van der Waals surface area contributed by atoms with Gasteiger partial charge in [0.1, 0.15) is 5.69 Å². The van der Waals surface area contributed by atoms with Crippen molar-refractivity contribution in [3.63, 3.8) is 0 Å².